The van der Waals surface area contributed by atoms with E-state index in [9.17, 15) is 4.79 Å². The SMILES string of the molecule is CCN1CCCCC1CCC(=O)OC. The molecule has 82 valence electrons. The third kappa shape index (κ3) is 3.29. The van der Waals surface area contributed by atoms with Crippen LogP contribution in [0.25, 0.3) is 0 Å². The van der Waals surface area contributed by atoms with Crippen LogP contribution in [0.4, 0.5) is 0 Å². The highest BCUT2D eigenvalue weighted by atomic mass is 16.5. The summed E-state index contributed by atoms with van der Waals surface area (Å²) in [4.78, 5) is 13.5. The highest BCUT2D eigenvalue weighted by Crippen LogP contribution is 2.20. The predicted molar refractivity (Wildman–Crippen MR) is 56.1 cm³/mol. The van der Waals surface area contributed by atoms with Crippen LogP contribution >= 0.6 is 0 Å². The Morgan fingerprint density at radius 2 is 2.29 bits per heavy atom. The highest BCUT2D eigenvalue weighted by molar-refractivity contribution is 5.69. The summed E-state index contributed by atoms with van der Waals surface area (Å²) in [5, 5.41) is 0. The fourth-order valence-electron chi connectivity index (χ4n) is 2.19. The van der Waals surface area contributed by atoms with Gasteiger partial charge in [-0.15, -0.1) is 0 Å². The third-order valence-corrected chi connectivity index (χ3v) is 3.06. The molecular formula is C11H21NO2. The molecule has 0 spiro atoms. The largest absolute Gasteiger partial charge is 0.469 e. The van der Waals surface area contributed by atoms with Crippen LogP contribution in [0.2, 0.25) is 0 Å². The number of methoxy groups -OCH3 is 1. The van der Waals surface area contributed by atoms with E-state index >= 15 is 0 Å². The van der Waals surface area contributed by atoms with Crippen molar-refractivity contribution in [2.45, 2.75) is 45.1 Å². The molecule has 0 saturated carbocycles. The summed E-state index contributed by atoms with van der Waals surface area (Å²) in [7, 11) is 1.46. The van der Waals surface area contributed by atoms with E-state index in [4.69, 9.17) is 0 Å². The van der Waals surface area contributed by atoms with Gasteiger partial charge in [-0.1, -0.05) is 13.3 Å². The van der Waals surface area contributed by atoms with Crippen molar-refractivity contribution in [3.8, 4) is 0 Å². The minimum Gasteiger partial charge on any atom is -0.469 e. The second-order valence-electron chi connectivity index (χ2n) is 3.89. The smallest absolute Gasteiger partial charge is 0.305 e. The summed E-state index contributed by atoms with van der Waals surface area (Å²) in [5.74, 6) is -0.0772. The van der Waals surface area contributed by atoms with Crippen LogP contribution in [0.15, 0.2) is 0 Å². The molecule has 0 radical (unpaired) electrons. The average molecular weight is 199 g/mol. The summed E-state index contributed by atoms with van der Waals surface area (Å²) in [6.07, 6.45) is 5.38. The molecule has 0 aliphatic carbocycles. The molecule has 0 aromatic heterocycles. The zero-order valence-electron chi connectivity index (χ0n) is 9.29. The Morgan fingerprint density at radius 1 is 1.50 bits per heavy atom. The number of ether oxygens (including phenoxy) is 1. The van der Waals surface area contributed by atoms with Crippen molar-refractivity contribution in [2.75, 3.05) is 20.2 Å². The lowest BCUT2D eigenvalue weighted by molar-refractivity contribution is -0.141. The van der Waals surface area contributed by atoms with Gasteiger partial charge < -0.3 is 9.64 Å². The molecule has 1 unspecified atom stereocenters. The first-order valence-electron chi connectivity index (χ1n) is 5.58. The molecule has 0 bridgehead atoms. The summed E-state index contributed by atoms with van der Waals surface area (Å²) < 4.78 is 4.65. The van der Waals surface area contributed by atoms with Gasteiger partial charge in [-0.05, 0) is 32.4 Å². The number of nitrogens with zero attached hydrogens (tertiary/aromatic N) is 1. The molecule has 1 saturated heterocycles. The van der Waals surface area contributed by atoms with Crippen molar-refractivity contribution in [1.82, 2.24) is 4.90 Å². The first kappa shape index (κ1) is 11.5. The Bertz CT molecular complexity index is 182. The third-order valence-electron chi connectivity index (χ3n) is 3.06. The van der Waals surface area contributed by atoms with Crippen molar-refractivity contribution in [2.24, 2.45) is 0 Å². The maximum absolute atomic E-state index is 11.0. The van der Waals surface area contributed by atoms with Crippen LogP contribution in [0.1, 0.15) is 39.0 Å². The fourth-order valence-corrected chi connectivity index (χ4v) is 2.19. The molecule has 14 heavy (non-hydrogen) atoms. The molecule has 0 aromatic carbocycles. The molecule has 1 atom stereocenters. The first-order chi connectivity index (χ1) is 6.77. The lowest BCUT2D eigenvalue weighted by atomic mass is 9.98. The Kier molecular flexibility index (Phi) is 4.94. The quantitative estimate of drug-likeness (QED) is 0.647. The first-order valence-corrected chi connectivity index (χ1v) is 5.58. The van der Waals surface area contributed by atoms with Crippen LogP contribution in [0.5, 0.6) is 0 Å². The lowest BCUT2D eigenvalue weighted by Gasteiger charge is -2.34. The molecule has 1 aliphatic heterocycles. The highest BCUT2D eigenvalue weighted by Gasteiger charge is 2.21. The summed E-state index contributed by atoms with van der Waals surface area (Å²) >= 11 is 0. The molecule has 1 heterocycles. The molecule has 1 aliphatic rings. The molecule has 1 fully saturated rings. The van der Waals surface area contributed by atoms with Gasteiger partial charge in [-0.2, -0.15) is 0 Å². The van der Waals surface area contributed by atoms with Crippen molar-refractivity contribution in [1.29, 1.82) is 0 Å². The Balaban J connectivity index is 2.29. The topological polar surface area (TPSA) is 29.5 Å². The molecule has 1 rings (SSSR count). The zero-order chi connectivity index (χ0) is 10.4. The van der Waals surface area contributed by atoms with Crippen molar-refractivity contribution in [3.63, 3.8) is 0 Å². The number of esters is 1. The monoisotopic (exact) mass is 199 g/mol. The van der Waals surface area contributed by atoms with E-state index in [0.29, 0.717) is 12.5 Å². The molecule has 0 aromatic rings. The van der Waals surface area contributed by atoms with Gasteiger partial charge >= 0.3 is 5.97 Å². The maximum atomic E-state index is 11.0. The maximum Gasteiger partial charge on any atom is 0.305 e. The van der Waals surface area contributed by atoms with Gasteiger partial charge in [-0.3, -0.25) is 4.79 Å². The minimum absolute atomic E-state index is 0.0772. The second kappa shape index (κ2) is 6.02. The number of hydrogen-bond donors (Lipinski definition) is 0. The van der Waals surface area contributed by atoms with Crippen LogP contribution in [-0.2, 0) is 9.53 Å². The number of rotatable bonds is 4. The van der Waals surface area contributed by atoms with Crippen molar-refractivity contribution in [3.05, 3.63) is 0 Å². The van der Waals surface area contributed by atoms with Crippen molar-refractivity contribution >= 4 is 5.97 Å². The van der Waals surface area contributed by atoms with E-state index in [1.807, 2.05) is 0 Å². The summed E-state index contributed by atoms with van der Waals surface area (Å²) in [6.45, 7) is 4.49. The Morgan fingerprint density at radius 3 is 2.93 bits per heavy atom. The molecular weight excluding hydrogens is 178 g/mol. The minimum atomic E-state index is -0.0772. The Hall–Kier alpha value is -0.570. The molecule has 3 heteroatoms. The number of carbonyl (C=O) groups excluding carboxylic acids is 1. The van der Waals surface area contributed by atoms with Crippen LogP contribution < -0.4 is 0 Å². The van der Waals surface area contributed by atoms with Gasteiger partial charge in [-0.25, -0.2) is 0 Å². The van der Waals surface area contributed by atoms with Crippen LogP contribution in [0.3, 0.4) is 0 Å². The van der Waals surface area contributed by atoms with Gasteiger partial charge in [0.15, 0.2) is 0 Å². The number of carbonyl (C=O) groups is 1. The molecule has 0 amide bonds. The predicted octanol–water partition coefficient (Wildman–Crippen LogP) is 1.81. The van der Waals surface area contributed by atoms with Gasteiger partial charge in [0.1, 0.15) is 0 Å². The summed E-state index contributed by atoms with van der Waals surface area (Å²) in [6, 6.07) is 0.604. The van der Waals surface area contributed by atoms with Crippen molar-refractivity contribution < 1.29 is 9.53 Å². The number of likely N-dealkylation sites (tertiary alicyclic amines) is 1. The van der Waals surface area contributed by atoms with Gasteiger partial charge in [0, 0.05) is 12.5 Å². The average Bonchev–Trinajstić information content (AvgIpc) is 2.26. The fraction of sp³-hybridized carbons (Fsp3) is 0.909. The van der Waals surface area contributed by atoms with Gasteiger partial charge in [0.25, 0.3) is 0 Å². The van der Waals surface area contributed by atoms with E-state index in [1.165, 1.54) is 32.9 Å². The van der Waals surface area contributed by atoms with Gasteiger partial charge in [0.05, 0.1) is 7.11 Å². The normalized spacial score (nSPS) is 23.4. The van der Waals surface area contributed by atoms with E-state index in [-0.39, 0.29) is 5.97 Å². The lowest BCUT2D eigenvalue weighted by Crippen LogP contribution is -2.39. The number of piperidine rings is 1. The van der Waals surface area contributed by atoms with E-state index < -0.39 is 0 Å². The van der Waals surface area contributed by atoms with E-state index in [0.717, 1.165) is 13.0 Å². The summed E-state index contributed by atoms with van der Waals surface area (Å²) in [5.41, 5.74) is 0. The standard InChI is InChI=1S/C11H21NO2/c1-3-12-9-5-4-6-10(12)7-8-11(13)14-2/h10H,3-9H2,1-2H3. The number of hydrogen-bond acceptors (Lipinski definition) is 3. The second-order valence-corrected chi connectivity index (χ2v) is 3.89. The van der Waals surface area contributed by atoms with Crippen LogP contribution in [0, 0.1) is 0 Å². The van der Waals surface area contributed by atoms with Crippen LogP contribution in [-0.4, -0.2) is 37.1 Å². The molecule has 3 nitrogen and oxygen atoms in total. The Labute approximate surface area is 86.4 Å². The van der Waals surface area contributed by atoms with E-state index in [2.05, 4.69) is 16.6 Å². The molecule has 0 N–H and O–H groups in total. The zero-order valence-corrected chi connectivity index (χ0v) is 9.29. The van der Waals surface area contributed by atoms with Gasteiger partial charge in [0.2, 0.25) is 0 Å². The van der Waals surface area contributed by atoms with E-state index in [1.54, 1.807) is 0 Å².